The van der Waals surface area contributed by atoms with E-state index in [1.54, 1.807) is 12.1 Å². The van der Waals surface area contributed by atoms with Crippen LogP contribution in [0, 0.1) is 0 Å². The van der Waals surface area contributed by atoms with Gasteiger partial charge in [-0.2, -0.15) is 30.4 Å². The summed E-state index contributed by atoms with van der Waals surface area (Å²) in [5.41, 5.74) is -1.13. The molecule has 0 radical (unpaired) electrons. The monoisotopic (exact) mass is 738 g/mol. The van der Waals surface area contributed by atoms with Crippen LogP contribution in [-0.4, -0.2) is 42.4 Å². The van der Waals surface area contributed by atoms with Crippen molar-refractivity contribution in [1.29, 1.82) is 0 Å². The maximum Gasteiger partial charge on any atom is 0.432 e. The zero-order valence-electron chi connectivity index (χ0n) is 17.5. The lowest BCUT2D eigenvalue weighted by Crippen LogP contribution is -2.52. The number of fused-ring (bicyclic) bond motifs is 1. The first-order chi connectivity index (χ1) is 16.9. The minimum Gasteiger partial charge on any atom is -0.441 e. The Morgan fingerprint density at radius 1 is 0.865 bits per heavy atom. The molecule has 198 valence electrons. The number of carbonyl (C=O) groups excluding carboxylic acids is 2. The second-order valence-electron chi connectivity index (χ2n) is 7.16. The van der Waals surface area contributed by atoms with Crippen molar-refractivity contribution in [2.75, 3.05) is 0 Å². The molecule has 3 aromatic rings. The van der Waals surface area contributed by atoms with E-state index in [0.717, 1.165) is 12.1 Å². The second kappa shape index (κ2) is 10.6. The van der Waals surface area contributed by atoms with E-state index in [2.05, 4.69) is 52.5 Å². The highest BCUT2D eigenvalue weighted by molar-refractivity contribution is 9.11. The fourth-order valence-corrected chi connectivity index (χ4v) is 5.96. The van der Waals surface area contributed by atoms with Gasteiger partial charge >= 0.3 is 33.5 Å². The highest BCUT2D eigenvalue weighted by atomic mass is 79.9. The van der Waals surface area contributed by atoms with E-state index in [-0.39, 0.29) is 22.1 Å². The van der Waals surface area contributed by atoms with Gasteiger partial charge in [0, 0.05) is 9.86 Å². The summed E-state index contributed by atoms with van der Waals surface area (Å²) < 4.78 is 109. The molecule has 0 heterocycles. The fourth-order valence-electron chi connectivity index (χ4n) is 3.09. The molecule has 0 saturated heterocycles. The Bertz CT molecular complexity index is 1480. The molecule has 0 aromatic heterocycles. The second-order valence-corrected chi connectivity index (χ2v) is 11.3. The van der Waals surface area contributed by atoms with E-state index in [1.807, 2.05) is 0 Å². The molecule has 0 aliphatic carbocycles. The summed E-state index contributed by atoms with van der Waals surface area (Å²) in [6.07, 6.45) is -10.6. The predicted octanol–water partition coefficient (Wildman–Crippen LogP) is 6.91. The highest BCUT2D eigenvalue weighted by Gasteiger charge is 2.66. The standard InChI is InChI=1S/C21H10Br3F5O7S/c22-10-7-13(23)16(14(24)8-10)35-17(30)11-5-1-3-9-4-2-6-12(15(9)11)18(31)36-19(20(25,26)27)21(28,29)37(32,33)34/h1-8,19H,(H,32,33,34). The molecule has 3 rings (SSSR count). The van der Waals surface area contributed by atoms with Gasteiger partial charge in [-0.1, -0.05) is 40.2 Å². The number of esters is 2. The Labute approximate surface area is 230 Å². The summed E-state index contributed by atoms with van der Waals surface area (Å²) in [7, 11) is -6.64. The fraction of sp³-hybridized carbons (Fsp3) is 0.143. The lowest BCUT2D eigenvalue weighted by molar-refractivity contribution is -0.247. The van der Waals surface area contributed by atoms with Gasteiger partial charge in [-0.15, -0.1) is 0 Å². The number of hydrogen-bond donors (Lipinski definition) is 1. The van der Waals surface area contributed by atoms with Crippen molar-refractivity contribution in [2.45, 2.75) is 17.5 Å². The molecule has 0 spiro atoms. The largest absolute Gasteiger partial charge is 0.441 e. The number of halogens is 8. The van der Waals surface area contributed by atoms with Crippen LogP contribution in [0.15, 0.2) is 61.9 Å². The van der Waals surface area contributed by atoms with Crippen LogP contribution in [0.25, 0.3) is 10.8 Å². The topological polar surface area (TPSA) is 107 Å². The van der Waals surface area contributed by atoms with Crippen LogP contribution in [0.5, 0.6) is 5.75 Å². The van der Waals surface area contributed by atoms with Crippen LogP contribution >= 0.6 is 47.8 Å². The molecule has 0 fully saturated rings. The SMILES string of the molecule is O=C(Oc1c(Br)cc(Br)cc1Br)c1cccc2cccc(C(=O)OC(C(F)(F)F)C(F)(F)S(=O)(=O)O)c12. The maximum atomic E-state index is 13.9. The Kier molecular flexibility index (Phi) is 8.39. The summed E-state index contributed by atoms with van der Waals surface area (Å²) >= 11 is 9.65. The van der Waals surface area contributed by atoms with Crippen molar-refractivity contribution in [3.63, 3.8) is 0 Å². The Morgan fingerprint density at radius 3 is 1.81 bits per heavy atom. The Hall–Kier alpha value is -2.14. The molecule has 0 amide bonds. The molecule has 7 nitrogen and oxygen atoms in total. The first-order valence-electron chi connectivity index (χ1n) is 9.46. The van der Waals surface area contributed by atoms with Gasteiger partial charge in [0.25, 0.3) is 6.10 Å². The average Bonchev–Trinajstić information content (AvgIpc) is 2.77. The van der Waals surface area contributed by atoms with Crippen LogP contribution < -0.4 is 4.74 Å². The van der Waals surface area contributed by atoms with Gasteiger partial charge < -0.3 is 9.47 Å². The van der Waals surface area contributed by atoms with Gasteiger partial charge in [-0.05, 0) is 61.5 Å². The smallest absolute Gasteiger partial charge is 0.432 e. The average molecular weight is 741 g/mol. The number of carbonyl (C=O) groups is 2. The molecule has 3 aromatic carbocycles. The van der Waals surface area contributed by atoms with Gasteiger partial charge in [0.1, 0.15) is 0 Å². The lowest BCUT2D eigenvalue weighted by Gasteiger charge is -2.26. The summed E-state index contributed by atoms with van der Waals surface area (Å²) in [4.78, 5) is 25.7. The van der Waals surface area contributed by atoms with Crippen LogP contribution in [0.3, 0.4) is 0 Å². The minimum absolute atomic E-state index is 0.00944. The van der Waals surface area contributed by atoms with E-state index >= 15 is 0 Å². The zero-order chi connectivity index (χ0) is 27.9. The van der Waals surface area contributed by atoms with Crippen LogP contribution in [-0.2, 0) is 14.9 Å². The third kappa shape index (κ3) is 6.13. The minimum atomic E-state index is -6.64. The van der Waals surface area contributed by atoms with Crippen molar-refractivity contribution < 1.29 is 54.0 Å². The van der Waals surface area contributed by atoms with E-state index in [4.69, 9.17) is 9.29 Å². The predicted molar refractivity (Wildman–Crippen MR) is 130 cm³/mol. The van der Waals surface area contributed by atoms with Crippen LogP contribution in [0.1, 0.15) is 20.7 Å². The van der Waals surface area contributed by atoms with Crippen LogP contribution in [0.4, 0.5) is 22.0 Å². The van der Waals surface area contributed by atoms with Crippen molar-refractivity contribution >= 4 is 80.6 Å². The van der Waals surface area contributed by atoms with Gasteiger partial charge in [0.05, 0.1) is 20.1 Å². The number of hydrogen-bond acceptors (Lipinski definition) is 6. The molecule has 0 saturated carbocycles. The van der Waals surface area contributed by atoms with Gasteiger partial charge in [-0.3, -0.25) is 4.55 Å². The van der Waals surface area contributed by atoms with Crippen LogP contribution in [0.2, 0.25) is 0 Å². The Morgan fingerprint density at radius 2 is 1.35 bits per heavy atom. The van der Waals surface area contributed by atoms with E-state index in [9.17, 15) is 40.0 Å². The van der Waals surface area contributed by atoms with E-state index in [1.165, 1.54) is 24.3 Å². The lowest BCUT2D eigenvalue weighted by atomic mass is 9.99. The highest BCUT2D eigenvalue weighted by Crippen LogP contribution is 2.40. The first-order valence-corrected chi connectivity index (χ1v) is 13.3. The number of rotatable bonds is 6. The molecular formula is C21H10Br3F5O7S. The molecular weight excluding hydrogens is 731 g/mol. The van der Waals surface area contributed by atoms with Gasteiger partial charge in [0.2, 0.25) is 0 Å². The van der Waals surface area contributed by atoms with E-state index in [0.29, 0.717) is 13.4 Å². The zero-order valence-corrected chi connectivity index (χ0v) is 23.1. The molecule has 0 bridgehead atoms. The van der Waals surface area contributed by atoms with Gasteiger partial charge in [-0.25, -0.2) is 9.59 Å². The number of ether oxygens (including phenoxy) is 2. The summed E-state index contributed by atoms with van der Waals surface area (Å²) in [6.45, 7) is 0. The van der Waals surface area contributed by atoms with Crippen molar-refractivity contribution in [3.8, 4) is 5.75 Å². The van der Waals surface area contributed by atoms with Gasteiger partial charge in [0.15, 0.2) is 5.75 Å². The molecule has 1 atom stereocenters. The van der Waals surface area contributed by atoms with Crippen molar-refractivity contribution in [3.05, 3.63) is 73.1 Å². The van der Waals surface area contributed by atoms with Crippen molar-refractivity contribution in [2.24, 2.45) is 0 Å². The molecule has 37 heavy (non-hydrogen) atoms. The molecule has 16 heteroatoms. The summed E-state index contributed by atoms with van der Waals surface area (Å²) in [5, 5.41) is -6.13. The van der Waals surface area contributed by atoms with Crippen molar-refractivity contribution in [1.82, 2.24) is 0 Å². The molecule has 1 N–H and O–H groups in total. The molecule has 0 aliphatic heterocycles. The Balaban J connectivity index is 2.10. The third-order valence-electron chi connectivity index (χ3n) is 4.67. The number of alkyl halides is 5. The quantitative estimate of drug-likeness (QED) is 0.127. The van der Waals surface area contributed by atoms with E-state index < -0.39 is 45.2 Å². The first kappa shape index (κ1) is 29.4. The molecule has 0 aliphatic rings. The number of benzene rings is 3. The normalized spacial score (nSPS) is 13.3. The third-order valence-corrected chi connectivity index (χ3v) is 7.21. The molecule has 1 unspecified atom stereocenters. The summed E-state index contributed by atoms with van der Waals surface area (Å²) in [6, 6.07) is 10.4. The maximum absolute atomic E-state index is 13.9. The summed E-state index contributed by atoms with van der Waals surface area (Å²) in [5.74, 6) is -3.11.